The number of rotatable bonds is 6. The molecule has 112 valence electrons. The van der Waals surface area contributed by atoms with Crippen molar-refractivity contribution in [3.8, 4) is 0 Å². The van der Waals surface area contributed by atoms with Crippen LogP contribution in [0.15, 0.2) is 12.4 Å². The quantitative estimate of drug-likeness (QED) is 0.811. The van der Waals surface area contributed by atoms with E-state index in [-0.39, 0.29) is 0 Å². The van der Waals surface area contributed by atoms with Gasteiger partial charge in [0.05, 0.1) is 18.1 Å². The molecule has 1 heterocycles. The Hall–Kier alpha value is -1.16. The van der Waals surface area contributed by atoms with Crippen molar-refractivity contribution in [3.05, 3.63) is 18.1 Å². The van der Waals surface area contributed by atoms with E-state index in [1.54, 1.807) is 0 Å². The van der Waals surface area contributed by atoms with E-state index in [0.717, 1.165) is 36.9 Å². The van der Waals surface area contributed by atoms with E-state index in [4.69, 9.17) is 0 Å². The van der Waals surface area contributed by atoms with E-state index in [9.17, 15) is 0 Å². The van der Waals surface area contributed by atoms with Gasteiger partial charge in [-0.2, -0.15) is 0 Å². The number of nitrogens with one attached hydrogen (secondary N) is 1. The van der Waals surface area contributed by atoms with Gasteiger partial charge in [-0.1, -0.05) is 13.8 Å². The highest BCUT2D eigenvalue weighted by Crippen LogP contribution is 2.28. The molecule has 1 aliphatic rings. The third kappa shape index (κ3) is 4.17. The molecule has 20 heavy (non-hydrogen) atoms. The van der Waals surface area contributed by atoms with Gasteiger partial charge in [-0.05, 0) is 44.6 Å². The Morgan fingerprint density at radius 3 is 2.55 bits per heavy atom. The molecule has 1 aliphatic carbocycles. The van der Waals surface area contributed by atoms with Gasteiger partial charge in [-0.3, -0.25) is 4.98 Å². The lowest BCUT2D eigenvalue weighted by Gasteiger charge is -2.34. The van der Waals surface area contributed by atoms with E-state index >= 15 is 0 Å². The largest absolute Gasteiger partial charge is 0.355 e. The van der Waals surface area contributed by atoms with Crippen LogP contribution in [-0.4, -0.2) is 29.6 Å². The Balaban J connectivity index is 1.88. The van der Waals surface area contributed by atoms with Gasteiger partial charge < -0.3 is 10.2 Å². The van der Waals surface area contributed by atoms with Gasteiger partial charge >= 0.3 is 0 Å². The van der Waals surface area contributed by atoms with Gasteiger partial charge in [-0.25, -0.2) is 4.98 Å². The number of hydrogen-bond acceptors (Lipinski definition) is 4. The first kappa shape index (κ1) is 15.2. The lowest BCUT2D eigenvalue weighted by molar-refractivity contribution is 0.340. The summed E-state index contributed by atoms with van der Waals surface area (Å²) < 4.78 is 0. The average Bonchev–Trinajstić information content (AvgIpc) is 2.48. The second-order valence-corrected chi connectivity index (χ2v) is 6.07. The molecule has 0 bridgehead atoms. The van der Waals surface area contributed by atoms with Crippen molar-refractivity contribution in [2.75, 3.05) is 18.5 Å². The zero-order valence-corrected chi connectivity index (χ0v) is 13.1. The Labute approximate surface area is 123 Å². The van der Waals surface area contributed by atoms with Crippen LogP contribution in [0.25, 0.3) is 0 Å². The maximum Gasteiger partial charge on any atom is 0.147 e. The number of anilines is 1. The molecule has 0 saturated heterocycles. The molecule has 1 N–H and O–H groups in total. The maximum atomic E-state index is 4.57. The fourth-order valence-corrected chi connectivity index (χ4v) is 2.83. The molecule has 1 fully saturated rings. The summed E-state index contributed by atoms with van der Waals surface area (Å²) in [6.45, 7) is 6.37. The second kappa shape index (κ2) is 7.58. The molecular formula is C16H28N4. The Bertz CT molecular complexity index is 382. The molecule has 4 nitrogen and oxygen atoms in total. The van der Waals surface area contributed by atoms with E-state index in [0.29, 0.717) is 6.04 Å². The van der Waals surface area contributed by atoms with E-state index in [2.05, 4.69) is 41.1 Å². The fourth-order valence-electron chi connectivity index (χ4n) is 2.83. The molecule has 1 aromatic heterocycles. The molecule has 2 rings (SSSR count). The van der Waals surface area contributed by atoms with Crippen LogP contribution < -0.4 is 10.2 Å². The van der Waals surface area contributed by atoms with Crippen LogP contribution in [0.2, 0.25) is 0 Å². The monoisotopic (exact) mass is 276 g/mol. The van der Waals surface area contributed by atoms with Gasteiger partial charge in [0.2, 0.25) is 0 Å². The predicted octanol–water partition coefficient (Wildman–Crippen LogP) is 2.99. The summed E-state index contributed by atoms with van der Waals surface area (Å²) in [6.07, 6.45) is 10.2. The normalized spacial score (nSPS) is 22.8. The molecule has 0 atom stereocenters. The third-order valence-electron chi connectivity index (χ3n) is 4.32. The summed E-state index contributed by atoms with van der Waals surface area (Å²) in [5.41, 5.74) is 1.02. The van der Waals surface area contributed by atoms with Crippen LogP contribution in [0.3, 0.4) is 0 Å². The molecule has 0 unspecified atom stereocenters. The van der Waals surface area contributed by atoms with Gasteiger partial charge in [0, 0.05) is 19.6 Å². The zero-order chi connectivity index (χ0) is 14.4. The molecule has 0 aliphatic heterocycles. The number of aromatic nitrogens is 2. The standard InChI is InChI=1S/C16H28N4/c1-4-9-17-10-14-11-19-16(12-18-14)20(3)15-7-5-13(2)6-8-15/h11-13,15,17H,4-10H2,1-3H3. The summed E-state index contributed by atoms with van der Waals surface area (Å²) in [5.74, 6) is 1.89. The molecule has 1 saturated carbocycles. The molecule has 0 amide bonds. The lowest BCUT2D eigenvalue weighted by Crippen LogP contribution is -2.35. The first-order valence-corrected chi connectivity index (χ1v) is 7.95. The van der Waals surface area contributed by atoms with Gasteiger partial charge in [0.15, 0.2) is 0 Å². The Morgan fingerprint density at radius 2 is 1.95 bits per heavy atom. The second-order valence-electron chi connectivity index (χ2n) is 6.07. The topological polar surface area (TPSA) is 41.1 Å². The molecule has 0 spiro atoms. The minimum Gasteiger partial charge on any atom is -0.355 e. The van der Waals surface area contributed by atoms with Crippen molar-refractivity contribution in [2.45, 2.75) is 58.5 Å². The van der Waals surface area contributed by atoms with Gasteiger partial charge in [-0.15, -0.1) is 0 Å². The van der Waals surface area contributed by atoms with E-state index < -0.39 is 0 Å². The summed E-state index contributed by atoms with van der Waals surface area (Å²) >= 11 is 0. The van der Waals surface area contributed by atoms with Crippen molar-refractivity contribution >= 4 is 5.82 Å². The third-order valence-corrected chi connectivity index (χ3v) is 4.32. The summed E-state index contributed by atoms with van der Waals surface area (Å²) in [6, 6.07) is 0.629. The van der Waals surface area contributed by atoms with Crippen molar-refractivity contribution < 1.29 is 0 Å². The highest BCUT2D eigenvalue weighted by atomic mass is 15.2. The lowest BCUT2D eigenvalue weighted by atomic mass is 9.87. The minimum absolute atomic E-state index is 0.629. The highest BCUT2D eigenvalue weighted by molar-refractivity contribution is 5.36. The molecule has 1 aromatic rings. The van der Waals surface area contributed by atoms with Crippen LogP contribution in [0.5, 0.6) is 0 Å². The highest BCUT2D eigenvalue weighted by Gasteiger charge is 2.22. The first-order chi connectivity index (χ1) is 9.70. The molecule has 4 heteroatoms. The Kier molecular flexibility index (Phi) is 5.77. The summed E-state index contributed by atoms with van der Waals surface area (Å²) in [4.78, 5) is 11.4. The van der Waals surface area contributed by atoms with Crippen molar-refractivity contribution in [1.82, 2.24) is 15.3 Å². The van der Waals surface area contributed by atoms with Gasteiger partial charge in [0.25, 0.3) is 0 Å². The fraction of sp³-hybridized carbons (Fsp3) is 0.750. The SMILES string of the molecule is CCCNCc1cnc(N(C)C2CCC(C)CC2)cn1. The minimum atomic E-state index is 0.629. The predicted molar refractivity (Wildman–Crippen MR) is 83.9 cm³/mol. The van der Waals surface area contributed by atoms with Crippen molar-refractivity contribution in [3.63, 3.8) is 0 Å². The number of nitrogens with zero attached hydrogens (tertiary/aromatic N) is 3. The first-order valence-electron chi connectivity index (χ1n) is 7.95. The summed E-state index contributed by atoms with van der Waals surface area (Å²) in [5, 5.41) is 3.35. The molecule has 0 radical (unpaired) electrons. The van der Waals surface area contributed by atoms with Crippen LogP contribution in [0, 0.1) is 5.92 Å². The van der Waals surface area contributed by atoms with Crippen molar-refractivity contribution in [2.24, 2.45) is 5.92 Å². The zero-order valence-electron chi connectivity index (χ0n) is 13.1. The smallest absolute Gasteiger partial charge is 0.147 e. The number of hydrogen-bond donors (Lipinski definition) is 1. The summed E-state index contributed by atoms with van der Waals surface area (Å²) in [7, 11) is 2.15. The maximum absolute atomic E-state index is 4.57. The van der Waals surface area contributed by atoms with Gasteiger partial charge in [0.1, 0.15) is 5.82 Å². The van der Waals surface area contributed by atoms with Crippen LogP contribution in [-0.2, 0) is 6.54 Å². The molecular weight excluding hydrogens is 248 g/mol. The van der Waals surface area contributed by atoms with Crippen LogP contribution in [0.1, 0.15) is 51.6 Å². The molecule has 0 aromatic carbocycles. The van der Waals surface area contributed by atoms with Crippen molar-refractivity contribution in [1.29, 1.82) is 0 Å². The van der Waals surface area contributed by atoms with Crippen LogP contribution >= 0.6 is 0 Å². The van der Waals surface area contributed by atoms with E-state index in [1.807, 2.05) is 12.4 Å². The average molecular weight is 276 g/mol. The van der Waals surface area contributed by atoms with Crippen LogP contribution in [0.4, 0.5) is 5.82 Å². The Morgan fingerprint density at radius 1 is 1.20 bits per heavy atom. The van der Waals surface area contributed by atoms with E-state index in [1.165, 1.54) is 25.7 Å².